The molecule has 2 unspecified atom stereocenters. The van der Waals surface area contributed by atoms with Gasteiger partial charge in [0.15, 0.2) is 0 Å². The molecule has 24 heavy (non-hydrogen) atoms. The molecule has 8 heteroatoms. The second-order valence-electron chi connectivity index (χ2n) is 5.61. The van der Waals surface area contributed by atoms with Crippen molar-refractivity contribution in [2.75, 3.05) is 0 Å². The molecule has 1 aromatic carbocycles. The number of benzene rings is 1. The number of amides is 1. The van der Waals surface area contributed by atoms with Crippen molar-refractivity contribution >= 4 is 21.9 Å². The quantitative estimate of drug-likeness (QED) is 0.624. The van der Waals surface area contributed by atoms with Gasteiger partial charge in [-0.25, -0.2) is 17.9 Å². The van der Waals surface area contributed by atoms with E-state index >= 15 is 0 Å². The molecule has 0 spiro atoms. The lowest BCUT2D eigenvalue weighted by Crippen LogP contribution is -2.40. The molecule has 0 aromatic heterocycles. The summed E-state index contributed by atoms with van der Waals surface area (Å²) in [7, 11) is -3.64. The molecule has 1 amide bonds. The maximum atomic E-state index is 12.1. The van der Waals surface area contributed by atoms with Gasteiger partial charge >= 0.3 is 5.97 Å². The number of sulfonamides is 1. The van der Waals surface area contributed by atoms with Gasteiger partial charge in [-0.05, 0) is 44.0 Å². The van der Waals surface area contributed by atoms with Gasteiger partial charge in [0.1, 0.15) is 6.04 Å². The van der Waals surface area contributed by atoms with E-state index in [9.17, 15) is 18.0 Å². The second-order valence-corrected chi connectivity index (χ2v) is 7.32. The smallest absolute Gasteiger partial charge is 0.326 e. The fourth-order valence-corrected chi connectivity index (χ4v) is 3.32. The lowest BCUT2D eigenvalue weighted by Gasteiger charge is -2.14. The zero-order valence-corrected chi connectivity index (χ0v) is 14.9. The average molecular weight is 356 g/mol. The van der Waals surface area contributed by atoms with Crippen LogP contribution in [0.25, 0.3) is 0 Å². The largest absolute Gasteiger partial charge is 0.480 e. The Kier molecular flexibility index (Phi) is 7.37. The molecule has 2 atom stereocenters. The van der Waals surface area contributed by atoms with Gasteiger partial charge in [-0.1, -0.05) is 20.3 Å². The Morgan fingerprint density at radius 3 is 2.21 bits per heavy atom. The fraction of sp³-hybridized carbons (Fsp3) is 0.500. The molecule has 0 radical (unpaired) electrons. The first-order valence-electron chi connectivity index (χ1n) is 7.87. The zero-order valence-electron chi connectivity index (χ0n) is 14.1. The molecule has 0 aliphatic carbocycles. The average Bonchev–Trinajstić information content (AvgIpc) is 2.53. The molecule has 0 heterocycles. The van der Waals surface area contributed by atoms with Crippen LogP contribution in [-0.2, 0) is 14.8 Å². The Morgan fingerprint density at radius 1 is 1.17 bits per heavy atom. The molecule has 0 fully saturated rings. The van der Waals surface area contributed by atoms with E-state index in [-0.39, 0.29) is 16.5 Å². The Morgan fingerprint density at radius 2 is 1.75 bits per heavy atom. The number of rotatable bonds is 9. The van der Waals surface area contributed by atoms with Crippen LogP contribution in [-0.4, -0.2) is 37.5 Å². The number of carbonyl (C=O) groups is 2. The van der Waals surface area contributed by atoms with Crippen LogP contribution >= 0.6 is 0 Å². The molecule has 3 N–H and O–H groups in total. The Bertz CT molecular complexity index is 670. The molecule has 0 saturated heterocycles. The number of nitrogens with one attached hydrogen (secondary N) is 2. The molecule has 1 rings (SSSR count). The topological polar surface area (TPSA) is 113 Å². The summed E-state index contributed by atoms with van der Waals surface area (Å²) >= 11 is 0. The minimum Gasteiger partial charge on any atom is -0.480 e. The van der Waals surface area contributed by atoms with Crippen molar-refractivity contribution in [1.82, 2.24) is 10.0 Å². The molecular weight excluding hydrogens is 332 g/mol. The maximum Gasteiger partial charge on any atom is 0.326 e. The Balaban J connectivity index is 2.87. The summed E-state index contributed by atoms with van der Waals surface area (Å²) in [5.41, 5.74) is 0.208. The summed E-state index contributed by atoms with van der Waals surface area (Å²) in [4.78, 5) is 23.2. The standard InChI is InChI=1S/C16H24N2O5S/c1-4-6-14(16(20)21)17-15(19)12-7-9-13(10-8-12)24(22,23)18-11(3)5-2/h7-11,14,18H,4-6H2,1-3H3,(H,17,19)(H,20,21). The highest BCUT2D eigenvalue weighted by Crippen LogP contribution is 2.12. The maximum absolute atomic E-state index is 12.1. The highest BCUT2D eigenvalue weighted by atomic mass is 32.2. The number of hydrogen-bond acceptors (Lipinski definition) is 4. The van der Waals surface area contributed by atoms with Crippen LogP contribution in [0.2, 0.25) is 0 Å². The van der Waals surface area contributed by atoms with E-state index in [0.29, 0.717) is 19.3 Å². The lowest BCUT2D eigenvalue weighted by atomic mass is 10.1. The fourth-order valence-electron chi connectivity index (χ4n) is 1.99. The van der Waals surface area contributed by atoms with E-state index in [0.717, 1.165) is 0 Å². The predicted octanol–water partition coefficient (Wildman–Crippen LogP) is 1.75. The van der Waals surface area contributed by atoms with Gasteiger partial charge in [-0.15, -0.1) is 0 Å². The molecule has 0 bridgehead atoms. The number of aliphatic carboxylic acids is 1. The summed E-state index contributed by atoms with van der Waals surface area (Å²) in [5, 5.41) is 11.5. The summed E-state index contributed by atoms with van der Waals surface area (Å²) in [5.74, 6) is -1.64. The summed E-state index contributed by atoms with van der Waals surface area (Å²) < 4.78 is 26.8. The summed E-state index contributed by atoms with van der Waals surface area (Å²) in [6.07, 6.45) is 1.61. The van der Waals surface area contributed by atoms with Crippen LogP contribution in [0.4, 0.5) is 0 Å². The minimum absolute atomic E-state index is 0.0580. The number of hydrogen-bond donors (Lipinski definition) is 3. The lowest BCUT2D eigenvalue weighted by molar-refractivity contribution is -0.139. The molecule has 0 aliphatic rings. The molecule has 134 valence electrons. The zero-order chi connectivity index (χ0) is 18.3. The van der Waals surface area contributed by atoms with Gasteiger partial charge in [-0.2, -0.15) is 0 Å². The van der Waals surface area contributed by atoms with Crippen LogP contribution in [0.15, 0.2) is 29.2 Å². The van der Waals surface area contributed by atoms with E-state index in [1.54, 1.807) is 6.92 Å². The molecule has 1 aromatic rings. The van der Waals surface area contributed by atoms with E-state index in [4.69, 9.17) is 5.11 Å². The van der Waals surface area contributed by atoms with Gasteiger partial charge in [0, 0.05) is 11.6 Å². The summed E-state index contributed by atoms with van der Waals surface area (Å²) in [6.45, 7) is 5.46. The van der Waals surface area contributed by atoms with Gasteiger partial charge in [0.05, 0.1) is 4.90 Å². The Labute approximate surface area is 142 Å². The van der Waals surface area contributed by atoms with E-state index in [1.165, 1.54) is 24.3 Å². The van der Waals surface area contributed by atoms with Crippen LogP contribution in [0.5, 0.6) is 0 Å². The van der Waals surface area contributed by atoms with Gasteiger partial charge in [-0.3, -0.25) is 4.79 Å². The van der Waals surface area contributed by atoms with Crippen LogP contribution in [0.1, 0.15) is 50.4 Å². The highest BCUT2D eigenvalue weighted by Gasteiger charge is 2.21. The van der Waals surface area contributed by atoms with Crippen molar-refractivity contribution in [2.45, 2.75) is 57.0 Å². The van der Waals surface area contributed by atoms with Crippen LogP contribution in [0.3, 0.4) is 0 Å². The minimum atomic E-state index is -3.64. The van der Waals surface area contributed by atoms with Crippen molar-refractivity contribution in [3.8, 4) is 0 Å². The Hall–Kier alpha value is -1.93. The summed E-state index contributed by atoms with van der Waals surface area (Å²) in [6, 6.07) is 4.24. The third-order valence-corrected chi connectivity index (χ3v) is 5.18. The van der Waals surface area contributed by atoms with Crippen molar-refractivity contribution in [3.05, 3.63) is 29.8 Å². The van der Waals surface area contributed by atoms with Crippen LogP contribution < -0.4 is 10.0 Å². The SMILES string of the molecule is CCCC(NC(=O)c1ccc(S(=O)(=O)NC(C)CC)cc1)C(=O)O. The van der Waals surface area contributed by atoms with Crippen molar-refractivity contribution in [2.24, 2.45) is 0 Å². The van der Waals surface area contributed by atoms with E-state index in [1.807, 2.05) is 13.8 Å². The van der Waals surface area contributed by atoms with Crippen molar-refractivity contribution in [1.29, 1.82) is 0 Å². The van der Waals surface area contributed by atoms with Gasteiger partial charge in [0.25, 0.3) is 5.91 Å². The highest BCUT2D eigenvalue weighted by molar-refractivity contribution is 7.89. The number of carboxylic acid groups (broad SMARTS) is 1. The first-order valence-corrected chi connectivity index (χ1v) is 9.35. The van der Waals surface area contributed by atoms with Crippen molar-refractivity contribution in [3.63, 3.8) is 0 Å². The van der Waals surface area contributed by atoms with Crippen molar-refractivity contribution < 1.29 is 23.1 Å². The van der Waals surface area contributed by atoms with Gasteiger partial charge in [0.2, 0.25) is 10.0 Å². The third kappa shape index (κ3) is 5.61. The molecule has 0 aliphatic heterocycles. The predicted molar refractivity (Wildman–Crippen MR) is 90.3 cm³/mol. The second kappa shape index (κ2) is 8.79. The van der Waals surface area contributed by atoms with E-state index < -0.39 is 27.9 Å². The first-order chi connectivity index (χ1) is 11.2. The molecule has 7 nitrogen and oxygen atoms in total. The number of carbonyl (C=O) groups excluding carboxylic acids is 1. The van der Waals surface area contributed by atoms with Crippen LogP contribution in [0, 0.1) is 0 Å². The van der Waals surface area contributed by atoms with Gasteiger partial charge < -0.3 is 10.4 Å². The first kappa shape index (κ1) is 20.1. The van der Waals surface area contributed by atoms with E-state index in [2.05, 4.69) is 10.0 Å². The molecular formula is C16H24N2O5S. The monoisotopic (exact) mass is 356 g/mol. The number of carboxylic acids is 1. The molecule has 0 saturated carbocycles. The third-order valence-electron chi connectivity index (χ3n) is 3.58. The normalized spacial score (nSPS) is 14.0.